The van der Waals surface area contributed by atoms with Crippen LogP contribution in [0.2, 0.25) is 0 Å². The Morgan fingerprint density at radius 2 is 1.77 bits per heavy atom. The molecule has 1 fully saturated rings. The largest absolute Gasteiger partial charge is 0.353 e. The van der Waals surface area contributed by atoms with E-state index in [1.54, 1.807) is 0 Å². The van der Waals surface area contributed by atoms with E-state index < -0.39 is 0 Å². The van der Waals surface area contributed by atoms with Crippen LogP contribution in [0.15, 0.2) is 30.3 Å². The van der Waals surface area contributed by atoms with Crippen molar-refractivity contribution in [1.82, 2.24) is 20.0 Å². The molecule has 1 aromatic carbocycles. The fraction of sp³-hybridized carbons (Fsp3) is 0.542. The molecule has 0 spiro atoms. The van der Waals surface area contributed by atoms with Crippen molar-refractivity contribution in [3.63, 3.8) is 0 Å². The summed E-state index contributed by atoms with van der Waals surface area (Å²) in [6.45, 7) is 11.2. The van der Waals surface area contributed by atoms with Gasteiger partial charge in [0.05, 0.1) is 18.7 Å². The van der Waals surface area contributed by atoms with E-state index in [4.69, 9.17) is 0 Å². The summed E-state index contributed by atoms with van der Waals surface area (Å²) in [7, 11) is 0. The van der Waals surface area contributed by atoms with E-state index in [0.29, 0.717) is 18.9 Å². The highest BCUT2D eigenvalue weighted by atomic mass is 16.2. The molecule has 2 amide bonds. The molecule has 1 aliphatic heterocycles. The number of anilines is 1. The van der Waals surface area contributed by atoms with Crippen LogP contribution in [0.5, 0.6) is 0 Å². The van der Waals surface area contributed by atoms with E-state index in [1.807, 2.05) is 48.9 Å². The minimum Gasteiger partial charge on any atom is -0.353 e. The van der Waals surface area contributed by atoms with Gasteiger partial charge in [-0.3, -0.25) is 19.2 Å². The number of hydrogen-bond donors (Lipinski definition) is 2. The molecule has 2 aromatic rings. The van der Waals surface area contributed by atoms with Crippen molar-refractivity contribution < 1.29 is 9.59 Å². The van der Waals surface area contributed by atoms with E-state index >= 15 is 0 Å². The Labute approximate surface area is 185 Å². The lowest BCUT2D eigenvalue weighted by atomic mass is 10.0. The van der Waals surface area contributed by atoms with E-state index in [1.165, 1.54) is 0 Å². The summed E-state index contributed by atoms with van der Waals surface area (Å²) < 4.78 is 2.02. The van der Waals surface area contributed by atoms with Crippen LogP contribution in [0.4, 0.5) is 5.69 Å². The summed E-state index contributed by atoms with van der Waals surface area (Å²) in [5, 5.41) is 10.7. The lowest BCUT2D eigenvalue weighted by Gasteiger charge is -2.31. The molecule has 1 aliphatic rings. The van der Waals surface area contributed by atoms with E-state index in [2.05, 4.69) is 34.5 Å². The van der Waals surface area contributed by atoms with Gasteiger partial charge in [-0.25, -0.2) is 0 Å². The minimum absolute atomic E-state index is 0.00181. The molecule has 1 aromatic heterocycles. The quantitative estimate of drug-likeness (QED) is 0.682. The predicted molar refractivity (Wildman–Crippen MR) is 123 cm³/mol. The van der Waals surface area contributed by atoms with Crippen LogP contribution in [0.3, 0.4) is 0 Å². The fourth-order valence-corrected chi connectivity index (χ4v) is 4.11. The van der Waals surface area contributed by atoms with Gasteiger partial charge < -0.3 is 10.6 Å². The number of rotatable bonds is 8. The molecular weight excluding hydrogens is 390 g/mol. The van der Waals surface area contributed by atoms with Crippen molar-refractivity contribution in [1.29, 1.82) is 0 Å². The zero-order valence-corrected chi connectivity index (χ0v) is 19.1. The Hall–Kier alpha value is -2.67. The Bertz CT molecular complexity index is 883. The first-order chi connectivity index (χ1) is 14.8. The maximum absolute atomic E-state index is 12.7. The molecule has 0 saturated carbocycles. The number of nitrogens with zero attached hydrogens (tertiary/aromatic N) is 3. The number of aromatic nitrogens is 2. The van der Waals surface area contributed by atoms with E-state index in [-0.39, 0.29) is 17.9 Å². The maximum atomic E-state index is 12.7. The summed E-state index contributed by atoms with van der Waals surface area (Å²) >= 11 is 0. The third-order valence-electron chi connectivity index (χ3n) is 5.78. The molecule has 0 unspecified atom stereocenters. The smallest absolute Gasteiger partial charge is 0.238 e. The Morgan fingerprint density at radius 3 is 2.42 bits per heavy atom. The van der Waals surface area contributed by atoms with Gasteiger partial charge >= 0.3 is 0 Å². The van der Waals surface area contributed by atoms with Gasteiger partial charge in [0.1, 0.15) is 0 Å². The molecule has 0 bridgehead atoms. The fourth-order valence-electron chi connectivity index (χ4n) is 4.11. The lowest BCUT2D eigenvalue weighted by molar-refractivity contribution is -0.122. The number of carbonyl (C=O) groups is 2. The van der Waals surface area contributed by atoms with Crippen LogP contribution >= 0.6 is 0 Å². The molecule has 1 saturated heterocycles. The van der Waals surface area contributed by atoms with Crippen molar-refractivity contribution >= 4 is 17.5 Å². The average Bonchev–Trinajstić information content (AvgIpc) is 2.97. The molecule has 2 heterocycles. The summed E-state index contributed by atoms with van der Waals surface area (Å²) in [6, 6.07) is 9.66. The molecular formula is C24H35N5O2. The number of para-hydroxylation sites is 1. The summed E-state index contributed by atoms with van der Waals surface area (Å²) in [6.07, 6.45) is 2.08. The van der Waals surface area contributed by atoms with Gasteiger partial charge in [0, 0.05) is 42.6 Å². The Balaban J connectivity index is 1.43. The first-order valence-electron chi connectivity index (χ1n) is 11.2. The molecule has 3 rings (SSSR count). The van der Waals surface area contributed by atoms with Crippen molar-refractivity contribution in [2.75, 3.05) is 25.0 Å². The van der Waals surface area contributed by atoms with Crippen molar-refractivity contribution in [3.8, 4) is 0 Å². The number of likely N-dealkylation sites (tertiary alicyclic amines) is 1. The zero-order chi connectivity index (χ0) is 22.4. The zero-order valence-electron chi connectivity index (χ0n) is 19.1. The van der Waals surface area contributed by atoms with Gasteiger partial charge in [-0.15, -0.1) is 0 Å². The molecule has 0 radical (unpaired) electrons. The lowest BCUT2D eigenvalue weighted by Crippen LogP contribution is -2.46. The Morgan fingerprint density at radius 1 is 1.10 bits per heavy atom. The van der Waals surface area contributed by atoms with E-state index in [0.717, 1.165) is 55.1 Å². The Kier molecular flexibility index (Phi) is 7.85. The minimum atomic E-state index is -0.00181. The highest BCUT2D eigenvalue weighted by Gasteiger charge is 2.23. The number of piperidine rings is 1. The molecule has 0 aliphatic carbocycles. The van der Waals surface area contributed by atoms with Crippen LogP contribution < -0.4 is 10.6 Å². The summed E-state index contributed by atoms with van der Waals surface area (Å²) in [5.74, 6) is 0.563. The second-order valence-electron chi connectivity index (χ2n) is 8.93. The standard InChI is InChI=1S/C24H35N5O2/c1-17(2)15-29-19(4)22(18(3)27-29)14-23(30)25-21-10-12-28(13-11-21)16-24(31)26-20-8-6-5-7-9-20/h5-9,17,21H,10-16H2,1-4H3,(H,25,30)(H,26,31). The van der Waals surface area contributed by atoms with Crippen LogP contribution in [-0.4, -0.2) is 52.2 Å². The molecule has 7 nitrogen and oxygen atoms in total. The van der Waals surface area contributed by atoms with Gasteiger partial charge in [0.15, 0.2) is 0 Å². The number of carbonyl (C=O) groups excluding carboxylic acids is 2. The van der Waals surface area contributed by atoms with E-state index in [9.17, 15) is 9.59 Å². The van der Waals surface area contributed by atoms with Crippen molar-refractivity contribution in [2.45, 2.75) is 59.5 Å². The SMILES string of the molecule is Cc1nn(CC(C)C)c(C)c1CC(=O)NC1CCN(CC(=O)Nc2ccccc2)CC1. The second-order valence-corrected chi connectivity index (χ2v) is 8.93. The predicted octanol–water partition coefficient (Wildman–Crippen LogP) is 2.92. The molecule has 7 heteroatoms. The first kappa shape index (κ1) is 23.0. The second kappa shape index (κ2) is 10.6. The van der Waals surface area contributed by atoms with Crippen molar-refractivity contribution in [3.05, 3.63) is 47.3 Å². The van der Waals surface area contributed by atoms with Gasteiger partial charge in [0.25, 0.3) is 0 Å². The number of amides is 2. The third kappa shape index (κ3) is 6.66. The highest BCUT2D eigenvalue weighted by Crippen LogP contribution is 2.16. The molecule has 31 heavy (non-hydrogen) atoms. The highest BCUT2D eigenvalue weighted by molar-refractivity contribution is 5.92. The average molecular weight is 426 g/mol. The third-order valence-corrected chi connectivity index (χ3v) is 5.78. The van der Waals surface area contributed by atoms with Crippen LogP contribution in [0, 0.1) is 19.8 Å². The van der Waals surface area contributed by atoms with Gasteiger partial charge in [-0.2, -0.15) is 5.10 Å². The molecule has 0 atom stereocenters. The number of hydrogen-bond acceptors (Lipinski definition) is 4. The van der Waals surface area contributed by atoms with Crippen LogP contribution in [0.25, 0.3) is 0 Å². The van der Waals surface area contributed by atoms with Gasteiger partial charge in [0.2, 0.25) is 11.8 Å². The summed E-state index contributed by atoms with van der Waals surface area (Å²) in [5.41, 5.74) is 3.87. The molecule has 2 N–H and O–H groups in total. The van der Waals surface area contributed by atoms with Crippen molar-refractivity contribution in [2.24, 2.45) is 5.92 Å². The topological polar surface area (TPSA) is 79.3 Å². The first-order valence-corrected chi connectivity index (χ1v) is 11.2. The number of nitrogens with one attached hydrogen (secondary N) is 2. The normalized spacial score (nSPS) is 15.3. The van der Waals surface area contributed by atoms with Gasteiger partial charge in [-0.1, -0.05) is 32.0 Å². The van der Waals surface area contributed by atoms with Crippen LogP contribution in [-0.2, 0) is 22.6 Å². The van der Waals surface area contributed by atoms with Gasteiger partial charge in [-0.05, 0) is 44.7 Å². The molecule has 168 valence electrons. The number of aryl methyl sites for hydroxylation is 1. The maximum Gasteiger partial charge on any atom is 0.238 e. The van der Waals surface area contributed by atoms with Crippen LogP contribution in [0.1, 0.15) is 43.6 Å². The number of benzene rings is 1. The monoisotopic (exact) mass is 425 g/mol. The summed E-state index contributed by atoms with van der Waals surface area (Å²) in [4.78, 5) is 27.0.